The molecule has 3 aromatic rings. The molecule has 1 fully saturated rings. The molecular weight excluding hydrogens is 423 g/mol. The van der Waals surface area contributed by atoms with Crippen molar-refractivity contribution in [1.29, 1.82) is 0 Å². The molecule has 1 saturated heterocycles. The average Bonchev–Trinajstić information content (AvgIpc) is 3.39. The third kappa shape index (κ3) is 5.35. The molecule has 0 spiro atoms. The fourth-order valence-electron chi connectivity index (χ4n) is 3.51. The lowest BCUT2D eigenvalue weighted by Crippen LogP contribution is -2.37. The van der Waals surface area contributed by atoms with Crippen molar-refractivity contribution < 1.29 is 14.2 Å². The molecule has 1 aliphatic heterocycles. The zero-order valence-corrected chi connectivity index (χ0v) is 18.3. The Labute approximate surface area is 186 Å². The van der Waals surface area contributed by atoms with Crippen LogP contribution >= 0.6 is 23.2 Å². The van der Waals surface area contributed by atoms with E-state index in [1.165, 1.54) is 11.1 Å². The smallest absolute Gasteiger partial charge is 0.187 e. The summed E-state index contributed by atoms with van der Waals surface area (Å²) in [4.78, 5) is 4.14. The van der Waals surface area contributed by atoms with Crippen LogP contribution in [0.1, 0.15) is 17.5 Å². The van der Waals surface area contributed by atoms with Gasteiger partial charge in [0.1, 0.15) is 18.5 Å². The molecule has 158 valence electrons. The van der Waals surface area contributed by atoms with E-state index >= 15 is 0 Å². The Bertz CT molecular complexity index is 963. The van der Waals surface area contributed by atoms with Crippen molar-refractivity contribution in [2.75, 3.05) is 13.2 Å². The molecule has 0 saturated carbocycles. The molecule has 2 aromatic carbocycles. The number of rotatable bonds is 8. The van der Waals surface area contributed by atoms with Gasteiger partial charge in [0.25, 0.3) is 0 Å². The summed E-state index contributed by atoms with van der Waals surface area (Å²) < 4.78 is 20.4. The molecule has 2 atom stereocenters. The normalized spacial score (nSPS) is 21.1. The van der Waals surface area contributed by atoms with Gasteiger partial charge in [-0.2, -0.15) is 0 Å². The zero-order valence-electron chi connectivity index (χ0n) is 16.8. The molecule has 7 heteroatoms. The Morgan fingerprint density at radius 1 is 1.20 bits per heavy atom. The van der Waals surface area contributed by atoms with Crippen LogP contribution in [0.15, 0.2) is 61.2 Å². The minimum absolute atomic E-state index is 0.207. The molecule has 30 heavy (non-hydrogen) atoms. The van der Waals surface area contributed by atoms with E-state index in [2.05, 4.69) is 36.2 Å². The molecule has 4 rings (SSSR count). The average molecular weight is 447 g/mol. The summed E-state index contributed by atoms with van der Waals surface area (Å²) in [6.07, 6.45) is 6.81. The van der Waals surface area contributed by atoms with Crippen molar-refractivity contribution in [3.63, 3.8) is 0 Å². The van der Waals surface area contributed by atoms with Crippen LogP contribution in [0.5, 0.6) is 5.75 Å². The van der Waals surface area contributed by atoms with E-state index in [0.717, 1.165) is 12.8 Å². The molecule has 0 N–H and O–H groups in total. The van der Waals surface area contributed by atoms with Crippen molar-refractivity contribution in [2.24, 2.45) is 0 Å². The number of halogens is 2. The highest BCUT2D eigenvalue weighted by Gasteiger charge is 2.42. The number of hydrogen-bond acceptors (Lipinski definition) is 4. The monoisotopic (exact) mass is 446 g/mol. The first-order chi connectivity index (χ1) is 14.5. The van der Waals surface area contributed by atoms with E-state index in [0.29, 0.717) is 35.6 Å². The lowest BCUT2D eigenvalue weighted by atomic mass is 10.0. The highest BCUT2D eigenvalue weighted by Crippen LogP contribution is 2.33. The van der Waals surface area contributed by atoms with E-state index in [1.807, 2.05) is 10.8 Å². The quantitative estimate of drug-likeness (QED) is 0.469. The van der Waals surface area contributed by atoms with Crippen LogP contribution in [-0.2, 0) is 22.4 Å². The Balaban J connectivity index is 1.42. The van der Waals surface area contributed by atoms with Gasteiger partial charge in [-0.05, 0) is 31.0 Å². The van der Waals surface area contributed by atoms with Gasteiger partial charge < -0.3 is 18.8 Å². The van der Waals surface area contributed by atoms with E-state index in [9.17, 15) is 0 Å². The van der Waals surface area contributed by atoms with E-state index in [-0.39, 0.29) is 6.10 Å². The van der Waals surface area contributed by atoms with Gasteiger partial charge in [-0.1, -0.05) is 53.0 Å². The molecule has 1 aliphatic rings. The van der Waals surface area contributed by atoms with Crippen LogP contribution in [0.4, 0.5) is 0 Å². The number of aromatic nitrogens is 2. The van der Waals surface area contributed by atoms with Gasteiger partial charge >= 0.3 is 0 Å². The summed E-state index contributed by atoms with van der Waals surface area (Å²) >= 11 is 12.2. The summed E-state index contributed by atoms with van der Waals surface area (Å²) in [5.74, 6) is -0.197. The highest BCUT2D eigenvalue weighted by atomic mass is 35.5. The molecule has 0 radical (unpaired) electrons. The first-order valence-corrected chi connectivity index (χ1v) is 10.7. The van der Waals surface area contributed by atoms with Crippen molar-refractivity contribution >= 4 is 23.2 Å². The fraction of sp³-hybridized carbons (Fsp3) is 0.348. The predicted octanol–water partition coefficient (Wildman–Crippen LogP) is 5.32. The molecule has 0 aliphatic carbocycles. The lowest BCUT2D eigenvalue weighted by molar-refractivity contribution is -0.184. The zero-order chi connectivity index (χ0) is 21.0. The number of benzene rings is 2. The Kier molecular flexibility index (Phi) is 6.64. The summed E-state index contributed by atoms with van der Waals surface area (Å²) in [7, 11) is 0. The second-order valence-corrected chi connectivity index (χ2v) is 8.41. The SMILES string of the molecule is Cc1ccc(CCC2(Cn3ccnc3)OCC(COc3cc(Cl)ccc3Cl)O2)cc1. The van der Waals surface area contributed by atoms with Gasteiger partial charge in [-0.3, -0.25) is 0 Å². The highest BCUT2D eigenvalue weighted by molar-refractivity contribution is 6.34. The number of ether oxygens (including phenoxy) is 3. The molecule has 5 nitrogen and oxygen atoms in total. The van der Waals surface area contributed by atoms with Crippen LogP contribution in [0.3, 0.4) is 0 Å². The maximum Gasteiger partial charge on any atom is 0.187 e. The van der Waals surface area contributed by atoms with Crippen LogP contribution in [0, 0.1) is 6.92 Å². The Hall–Kier alpha value is -2.05. The van der Waals surface area contributed by atoms with Gasteiger partial charge in [-0.15, -0.1) is 0 Å². The lowest BCUT2D eigenvalue weighted by Gasteiger charge is -2.28. The first kappa shape index (κ1) is 21.2. The standard InChI is InChI=1S/C23H24Cl2N2O3/c1-17-2-4-18(5-3-17)8-9-23(15-27-11-10-26-16-27)29-14-20(30-23)13-28-22-12-19(24)6-7-21(22)25/h2-7,10-12,16,20H,8-9,13-15H2,1H3. The predicted molar refractivity (Wildman–Crippen MR) is 117 cm³/mol. The van der Waals surface area contributed by atoms with Crippen LogP contribution in [0.2, 0.25) is 10.0 Å². The van der Waals surface area contributed by atoms with Gasteiger partial charge in [0.05, 0.1) is 24.5 Å². The Morgan fingerprint density at radius 2 is 2.03 bits per heavy atom. The maximum atomic E-state index is 6.39. The number of imidazole rings is 1. The van der Waals surface area contributed by atoms with E-state index in [1.54, 1.807) is 30.7 Å². The minimum Gasteiger partial charge on any atom is -0.489 e. The third-order valence-corrected chi connectivity index (χ3v) is 5.68. The van der Waals surface area contributed by atoms with Gasteiger partial charge in [0, 0.05) is 29.9 Å². The Morgan fingerprint density at radius 3 is 2.80 bits per heavy atom. The number of hydrogen-bond donors (Lipinski definition) is 0. The molecule has 0 amide bonds. The first-order valence-electron chi connectivity index (χ1n) is 9.92. The second-order valence-electron chi connectivity index (χ2n) is 7.57. The summed E-state index contributed by atoms with van der Waals surface area (Å²) in [5.41, 5.74) is 2.50. The third-order valence-electron chi connectivity index (χ3n) is 5.13. The second kappa shape index (κ2) is 9.40. The maximum absolute atomic E-state index is 6.39. The van der Waals surface area contributed by atoms with Crippen molar-refractivity contribution in [1.82, 2.24) is 9.55 Å². The van der Waals surface area contributed by atoms with Crippen molar-refractivity contribution in [2.45, 2.75) is 38.2 Å². The summed E-state index contributed by atoms with van der Waals surface area (Å²) in [6.45, 7) is 3.43. The minimum atomic E-state index is -0.738. The van der Waals surface area contributed by atoms with E-state index < -0.39 is 5.79 Å². The molecular formula is C23H24Cl2N2O3. The topological polar surface area (TPSA) is 45.5 Å². The summed E-state index contributed by atoms with van der Waals surface area (Å²) in [5, 5.41) is 1.09. The fourth-order valence-corrected chi connectivity index (χ4v) is 3.84. The largest absolute Gasteiger partial charge is 0.489 e. The van der Waals surface area contributed by atoms with Crippen molar-refractivity contribution in [3.05, 3.63) is 82.4 Å². The molecule has 2 unspecified atom stereocenters. The van der Waals surface area contributed by atoms with Crippen molar-refractivity contribution in [3.8, 4) is 5.75 Å². The summed E-state index contributed by atoms with van der Waals surface area (Å²) in [6, 6.07) is 13.7. The molecule has 2 heterocycles. The van der Waals surface area contributed by atoms with Gasteiger partial charge in [-0.25, -0.2) is 4.98 Å². The number of aryl methyl sites for hydroxylation is 2. The van der Waals surface area contributed by atoms with Crippen LogP contribution < -0.4 is 4.74 Å². The van der Waals surface area contributed by atoms with Gasteiger partial charge in [0.2, 0.25) is 0 Å². The van der Waals surface area contributed by atoms with Crippen LogP contribution in [-0.4, -0.2) is 34.7 Å². The molecule has 0 bridgehead atoms. The van der Waals surface area contributed by atoms with E-state index in [4.69, 9.17) is 37.4 Å². The van der Waals surface area contributed by atoms with Crippen LogP contribution in [0.25, 0.3) is 0 Å². The van der Waals surface area contributed by atoms with Gasteiger partial charge in [0.15, 0.2) is 5.79 Å². The number of nitrogens with zero attached hydrogens (tertiary/aromatic N) is 2. The molecule has 1 aromatic heterocycles.